The number of Topliss-reactive ketones (excluding diaryl/α,β-unsaturated/α-hetero) is 1. The minimum absolute atomic E-state index is 0.0629. The van der Waals surface area contributed by atoms with Crippen molar-refractivity contribution in [2.24, 2.45) is 0 Å². The van der Waals surface area contributed by atoms with Gasteiger partial charge in [-0.1, -0.05) is 17.7 Å². The van der Waals surface area contributed by atoms with Gasteiger partial charge in [0.25, 0.3) is 5.91 Å². The number of phenols is 1. The first-order valence-electron chi connectivity index (χ1n) is 9.29. The quantitative estimate of drug-likeness (QED) is 0.777. The Kier molecular flexibility index (Phi) is 6.12. The van der Waals surface area contributed by atoms with Crippen LogP contribution in [0.4, 0.5) is 0 Å². The Morgan fingerprint density at radius 2 is 1.86 bits per heavy atom. The minimum Gasteiger partial charge on any atom is -0.508 e. The second-order valence-corrected chi connectivity index (χ2v) is 9.55. The number of rotatable bonds is 5. The molecule has 1 aliphatic heterocycles. The normalized spacial score (nSPS) is 15.0. The van der Waals surface area contributed by atoms with E-state index in [1.54, 1.807) is 32.0 Å². The summed E-state index contributed by atoms with van der Waals surface area (Å²) < 4.78 is 0.523. The van der Waals surface area contributed by atoms with E-state index in [1.165, 1.54) is 16.9 Å². The second-order valence-electron chi connectivity index (χ2n) is 7.84. The predicted octanol–water partition coefficient (Wildman–Crippen LogP) is 3.46. The molecule has 2 heterocycles. The fourth-order valence-corrected chi connectivity index (χ4v) is 4.25. The Bertz CT molecular complexity index is 907. The summed E-state index contributed by atoms with van der Waals surface area (Å²) in [6.45, 7) is 5.27. The van der Waals surface area contributed by atoms with Crippen molar-refractivity contribution in [3.63, 3.8) is 0 Å². The zero-order chi connectivity index (χ0) is 20.5. The fraction of sp³-hybridized carbons (Fsp3) is 0.429. The minimum atomic E-state index is -1.06. The number of thiophene rings is 1. The van der Waals surface area contributed by atoms with Crippen LogP contribution in [-0.4, -0.2) is 47.4 Å². The maximum Gasteiger partial charge on any atom is 0.262 e. The SMILES string of the molecule is CN1CCc2cc(O)c(CC(=O)C(C)(C)NC(=O)c3ccc(Cl)s3)cc2CC1. The van der Waals surface area contributed by atoms with Crippen LogP contribution in [0.1, 0.15) is 40.2 Å². The maximum atomic E-state index is 12.9. The average Bonchev–Trinajstić information content (AvgIpc) is 2.98. The molecule has 150 valence electrons. The maximum absolute atomic E-state index is 12.9. The highest BCUT2D eigenvalue weighted by Gasteiger charge is 2.31. The van der Waals surface area contributed by atoms with E-state index in [4.69, 9.17) is 11.6 Å². The van der Waals surface area contributed by atoms with Crippen molar-refractivity contribution in [2.45, 2.75) is 38.6 Å². The molecule has 0 saturated carbocycles. The third-order valence-corrected chi connectivity index (χ3v) is 6.43. The number of carbonyl (C=O) groups is 2. The van der Waals surface area contributed by atoms with E-state index >= 15 is 0 Å². The first-order chi connectivity index (χ1) is 13.2. The molecule has 0 aliphatic carbocycles. The number of ketones is 1. The van der Waals surface area contributed by atoms with Crippen LogP contribution in [-0.2, 0) is 24.1 Å². The molecule has 1 aromatic carbocycles. The van der Waals surface area contributed by atoms with E-state index in [0.29, 0.717) is 14.8 Å². The van der Waals surface area contributed by atoms with Gasteiger partial charge in [-0.3, -0.25) is 9.59 Å². The Morgan fingerprint density at radius 3 is 2.46 bits per heavy atom. The van der Waals surface area contributed by atoms with E-state index in [0.717, 1.165) is 31.5 Å². The van der Waals surface area contributed by atoms with Crippen molar-refractivity contribution in [2.75, 3.05) is 20.1 Å². The second kappa shape index (κ2) is 8.23. The zero-order valence-corrected chi connectivity index (χ0v) is 17.9. The number of nitrogens with one attached hydrogen (secondary N) is 1. The Balaban J connectivity index is 1.73. The highest BCUT2D eigenvalue weighted by molar-refractivity contribution is 7.18. The molecule has 1 aliphatic rings. The molecule has 5 nitrogen and oxygen atoms in total. The van der Waals surface area contributed by atoms with Crippen molar-refractivity contribution >= 4 is 34.6 Å². The van der Waals surface area contributed by atoms with Crippen LogP contribution in [0.25, 0.3) is 0 Å². The molecule has 2 aromatic rings. The Hall–Kier alpha value is -1.89. The van der Waals surface area contributed by atoms with Gasteiger partial charge in [-0.05, 0) is 63.1 Å². The fourth-order valence-electron chi connectivity index (χ4n) is 3.31. The largest absolute Gasteiger partial charge is 0.508 e. The van der Waals surface area contributed by atoms with Gasteiger partial charge in [0, 0.05) is 25.1 Å². The third-order valence-electron chi connectivity index (χ3n) is 5.20. The van der Waals surface area contributed by atoms with Crippen LogP contribution >= 0.6 is 22.9 Å². The van der Waals surface area contributed by atoms with Crippen LogP contribution in [0, 0.1) is 0 Å². The van der Waals surface area contributed by atoms with Gasteiger partial charge in [0.05, 0.1) is 14.8 Å². The number of benzene rings is 1. The molecule has 0 saturated heterocycles. The van der Waals surface area contributed by atoms with Crippen molar-refractivity contribution < 1.29 is 14.7 Å². The smallest absolute Gasteiger partial charge is 0.262 e. The van der Waals surface area contributed by atoms with E-state index in [9.17, 15) is 14.7 Å². The van der Waals surface area contributed by atoms with Crippen molar-refractivity contribution in [1.82, 2.24) is 10.2 Å². The molecule has 1 aromatic heterocycles. The first kappa shape index (κ1) is 20.8. The Morgan fingerprint density at radius 1 is 1.21 bits per heavy atom. The number of phenolic OH excluding ortho intramolecular Hbond substituents is 1. The van der Waals surface area contributed by atoms with Gasteiger partial charge < -0.3 is 15.3 Å². The van der Waals surface area contributed by atoms with E-state index in [2.05, 4.69) is 17.3 Å². The van der Waals surface area contributed by atoms with E-state index < -0.39 is 5.54 Å². The Labute approximate surface area is 174 Å². The topological polar surface area (TPSA) is 69.6 Å². The summed E-state index contributed by atoms with van der Waals surface area (Å²) in [6, 6.07) is 7.02. The number of amides is 1. The standard InChI is InChI=1S/C21H25ClN2O3S/c1-21(2,23-20(27)17-4-5-19(22)28-17)18(26)12-15-10-13-6-8-24(3)9-7-14(13)11-16(15)25/h4-5,10-11,25H,6-9,12H2,1-3H3,(H,23,27). The number of carbonyl (C=O) groups excluding carboxylic acids is 2. The summed E-state index contributed by atoms with van der Waals surface area (Å²) in [5.41, 5.74) is 1.86. The van der Waals surface area contributed by atoms with Gasteiger partial charge in [0.2, 0.25) is 0 Å². The summed E-state index contributed by atoms with van der Waals surface area (Å²) in [6.07, 6.45) is 1.85. The molecule has 28 heavy (non-hydrogen) atoms. The lowest BCUT2D eigenvalue weighted by atomic mass is 9.90. The lowest BCUT2D eigenvalue weighted by molar-refractivity contribution is -0.123. The van der Waals surface area contributed by atoms with Crippen LogP contribution in [0.3, 0.4) is 0 Å². The molecule has 3 rings (SSSR count). The molecule has 1 amide bonds. The molecule has 2 N–H and O–H groups in total. The lowest BCUT2D eigenvalue weighted by Crippen LogP contribution is -2.50. The van der Waals surface area contributed by atoms with Gasteiger partial charge in [-0.15, -0.1) is 11.3 Å². The first-order valence-corrected chi connectivity index (χ1v) is 10.5. The summed E-state index contributed by atoms with van der Waals surface area (Å²) in [4.78, 5) is 28.0. The van der Waals surface area contributed by atoms with Crippen LogP contribution < -0.4 is 5.32 Å². The molecule has 0 atom stereocenters. The third kappa shape index (κ3) is 4.74. The summed E-state index contributed by atoms with van der Waals surface area (Å²) >= 11 is 7.05. The monoisotopic (exact) mass is 420 g/mol. The number of hydrogen-bond acceptors (Lipinski definition) is 5. The van der Waals surface area contributed by atoms with E-state index in [-0.39, 0.29) is 23.9 Å². The molecule has 0 bridgehead atoms. The van der Waals surface area contributed by atoms with Gasteiger partial charge in [0.15, 0.2) is 5.78 Å². The summed E-state index contributed by atoms with van der Waals surface area (Å²) in [5.74, 6) is -0.349. The average molecular weight is 421 g/mol. The molecular weight excluding hydrogens is 396 g/mol. The lowest BCUT2D eigenvalue weighted by Gasteiger charge is -2.25. The number of likely N-dealkylation sites (N-methyl/N-ethyl adjacent to an activating group) is 1. The predicted molar refractivity (Wildman–Crippen MR) is 113 cm³/mol. The highest BCUT2D eigenvalue weighted by Crippen LogP contribution is 2.27. The number of aromatic hydroxyl groups is 1. The van der Waals surface area contributed by atoms with Crippen LogP contribution in [0.15, 0.2) is 24.3 Å². The number of nitrogens with zero attached hydrogens (tertiary/aromatic N) is 1. The van der Waals surface area contributed by atoms with Crippen LogP contribution in [0.2, 0.25) is 4.34 Å². The molecule has 0 radical (unpaired) electrons. The van der Waals surface area contributed by atoms with Gasteiger partial charge in [-0.2, -0.15) is 0 Å². The highest BCUT2D eigenvalue weighted by atomic mass is 35.5. The van der Waals surface area contributed by atoms with Crippen LogP contribution in [0.5, 0.6) is 5.75 Å². The molecule has 0 unspecified atom stereocenters. The van der Waals surface area contributed by atoms with Gasteiger partial charge >= 0.3 is 0 Å². The summed E-state index contributed by atoms with van der Waals surface area (Å²) in [7, 11) is 2.09. The summed E-state index contributed by atoms with van der Waals surface area (Å²) in [5, 5.41) is 13.2. The number of fused-ring (bicyclic) bond motifs is 1. The zero-order valence-electron chi connectivity index (χ0n) is 16.3. The molecular formula is C21H25ClN2O3S. The molecule has 0 spiro atoms. The van der Waals surface area contributed by atoms with Crippen molar-refractivity contribution in [1.29, 1.82) is 0 Å². The van der Waals surface area contributed by atoms with Gasteiger partial charge in [-0.25, -0.2) is 0 Å². The van der Waals surface area contributed by atoms with Crippen molar-refractivity contribution in [3.05, 3.63) is 50.2 Å². The molecule has 0 fully saturated rings. The van der Waals surface area contributed by atoms with E-state index in [1.807, 2.05) is 6.07 Å². The van der Waals surface area contributed by atoms with Crippen molar-refractivity contribution in [3.8, 4) is 5.75 Å². The number of halogens is 1. The number of hydrogen-bond donors (Lipinski definition) is 2. The van der Waals surface area contributed by atoms with Gasteiger partial charge in [0.1, 0.15) is 5.75 Å². The molecule has 7 heteroatoms.